The summed E-state index contributed by atoms with van der Waals surface area (Å²) in [6.07, 6.45) is 0.894. The topological polar surface area (TPSA) is 37.8 Å². The molecule has 112 valence electrons. The molecular weight excluding hydrogens is 258 g/mol. The normalized spacial score (nSPS) is 12.7. The maximum absolute atomic E-state index is 4.35. The lowest BCUT2D eigenvalue weighted by Crippen LogP contribution is -2.20. The molecule has 3 nitrogen and oxygen atoms in total. The maximum atomic E-state index is 4.35. The molecule has 2 rings (SSSR count). The molecule has 1 N–H and O–H groups in total. The Morgan fingerprint density at radius 3 is 2.19 bits per heavy atom. The Bertz CT molecular complexity index is 588. The van der Waals surface area contributed by atoms with Crippen LogP contribution < -0.4 is 5.32 Å². The highest BCUT2D eigenvalue weighted by atomic mass is 15.1. The van der Waals surface area contributed by atoms with E-state index in [1.54, 1.807) is 0 Å². The molecular formula is C18H25N3. The zero-order valence-electron chi connectivity index (χ0n) is 13.6. The second-order valence-electron chi connectivity index (χ2n) is 5.78. The first-order valence-electron chi connectivity index (χ1n) is 7.67. The molecule has 1 unspecified atom stereocenters. The highest BCUT2D eigenvalue weighted by Crippen LogP contribution is 2.26. The van der Waals surface area contributed by atoms with Crippen LogP contribution in [0.15, 0.2) is 30.3 Å². The van der Waals surface area contributed by atoms with Gasteiger partial charge in [-0.25, -0.2) is 0 Å². The van der Waals surface area contributed by atoms with Gasteiger partial charge in [0.05, 0.1) is 17.4 Å². The molecule has 21 heavy (non-hydrogen) atoms. The molecule has 0 saturated carbocycles. The highest BCUT2D eigenvalue weighted by molar-refractivity contribution is 5.36. The summed E-state index contributed by atoms with van der Waals surface area (Å²) in [6.45, 7) is 8.55. The predicted octanol–water partition coefficient (Wildman–Crippen LogP) is 3.78. The lowest BCUT2D eigenvalue weighted by molar-refractivity contribution is 0.668. The number of rotatable bonds is 5. The Labute approximate surface area is 127 Å². The van der Waals surface area contributed by atoms with Crippen molar-refractivity contribution in [1.29, 1.82) is 0 Å². The molecule has 1 atom stereocenters. The van der Waals surface area contributed by atoms with Crippen LogP contribution in [-0.4, -0.2) is 17.2 Å². The molecule has 2 aromatic rings. The first-order valence-corrected chi connectivity index (χ1v) is 7.67. The molecule has 0 fully saturated rings. The molecule has 0 aliphatic carbocycles. The van der Waals surface area contributed by atoms with E-state index in [4.69, 9.17) is 0 Å². The van der Waals surface area contributed by atoms with Gasteiger partial charge in [0.25, 0.3) is 0 Å². The van der Waals surface area contributed by atoms with Crippen molar-refractivity contribution < 1.29 is 0 Å². The number of hydrogen-bond acceptors (Lipinski definition) is 3. The summed E-state index contributed by atoms with van der Waals surface area (Å²) in [5, 5.41) is 11.9. The number of aryl methyl sites for hydroxylation is 2. The monoisotopic (exact) mass is 283 g/mol. The zero-order chi connectivity index (χ0) is 15.4. The Hall–Kier alpha value is -1.74. The molecule has 1 heterocycles. The van der Waals surface area contributed by atoms with Crippen LogP contribution in [0.3, 0.4) is 0 Å². The van der Waals surface area contributed by atoms with Crippen LogP contribution in [0, 0.1) is 6.92 Å². The van der Waals surface area contributed by atoms with Crippen LogP contribution in [0.1, 0.15) is 60.8 Å². The molecule has 0 radical (unpaired) electrons. The van der Waals surface area contributed by atoms with Crippen LogP contribution >= 0.6 is 0 Å². The van der Waals surface area contributed by atoms with Crippen molar-refractivity contribution in [3.63, 3.8) is 0 Å². The smallest absolute Gasteiger partial charge is 0.0679 e. The maximum Gasteiger partial charge on any atom is 0.0679 e. The van der Waals surface area contributed by atoms with Crippen LogP contribution in [0.5, 0.6) is 0 Å². The van der Waals surface area contributed by atoms with Gasteiger partial charge in [-0.05, 0) is 49.1 Å². The molecule has 0 saturated heterocycles. The largest absolute Gasteiger partial charge is 0.309 e. The van der Waals surface area contributed by atoms with Gasteiger partial charge < -0.3 is 5.32 Å². The van der Waals surface area contributed by atoms with E-state index in [1.165, 1.54) is 16.7 Å². The number of nitrogens with one attached hydrogen (secondary N) is 1. The van der Waals surface area contributed by atoms with E-state index in [1.807, 2.05) is 14.0 Å². The minimum absolute atomic E-state index is 0.162. The van der Waals surface area contributed by atoms with Gasteiger partial charge >= 0.3 is 0 Å². The third-order valence-electron chi connectivity index (χ3n) is 3.90. The van der Waals surface area contributed by atoms with Gasteiger partial charge in [0, 0.05) is 0 Å². The SMILES string of the molecule is CCc1nnc(C)cc1C(NC)c1ccc(C(C)C)cc1. The minimum Gasteiger partial charge on any atom is -0.309 e. The lowest BCUT2D eigenvalue weighted by atomic mass is 9.94. The summed E-state index contributed by atoms with van der Waals surface area (Å²) in [5.41, 5.74) is 5.89. The van der Waals surface area contributed by atoms with Gasteiger partial charge in [-0.3, -0.25) is 0 Å². The average Bonchev–Trinajstić information content (AvgIpc) is 2.49. The van der Waals surface area contributed by atoms with Crippen molar-refractivity contribution in [2.45, 2.75) is 46.1 Å². The molecule has 1 aromatic carbocycles. The quantitative estimate of drug-likeness (QED) is 0.907. The van der Waals surface area contributed by atoms with E-state index in [9.17, 15) is 0 Å². The highest BCUT2D eigenvalue weighted by Gasteiger charge is 2.17. The van der Waals surface area contributed by atoms with E-state index >= 15 is 0 Å². The van der Waals surface area contributed by atoms with Crippen molar-refractivity contribution in [2.24, 2.45) is 0 Å². The van der Waals surface area contributed by atoms with Gasteiger partial charge in [-0.15, -0.1) is 0 Å². The van der Waals surface area contributed by atoms with Gasteiger partial charge in [-0.1, -0.05) is 45.0 Å². The second kappa shape index (κ2) is 6.81. The molecule has 0 bridgehead atoms. The fraction of sp³-hybridized carbons (Fsp3) is 0.444. The van der Waals surface area contributed by atoms with E-state index in [2.05, 4.69) is 66.6 Å². The lowest BCUT2D eigenvalue weighted by Gasteiger charge is -2.20. The van der Waals surface area contributed by atoms with E-state index < -0.39 is 0 Å². The summed E-state index contributed by atoms with van der Waals surface area (Å²) < 4.78 is 0. The number of hydrogen-bond donors (Lipinski definition) is 1. The molecule has 0 spiro atoms. The van der Waals surface area contributed by atoms with E-state index in [0.717, 1.165) is 17.8 Å². The second-order valence-corrected chi connectivity index (χ2v) is 5.78. The van der Waals surface area contributed by atoms with Crippen molar-refractivity contribution in [2.75, 3.05) is 7.05 Å². The number of aromatic nitrogens is 2. The summed E-state index contributed by atoms with van der Waals surface area (Å²) in [5.74, 6) is 0.558. The molecule has 0 amide bonds. The molecule has 0 aliphatic heterocycles. The van der Waals surface area contributed by atoms with Crippen LogP contribution in [0.4, 0.5) is 0 Å². The Morgan fingerprint density at radius 2 is 1.67 bits per heavy atom. The van der Waals surface area contributed by atoms with Crippen molar-refractivity contribution >= 4 is 0 Å². The van der Waals surface area contributed by atoms with Crippen LogP contribution in [0.25, 0.3) is 0 Å². The van der Waals surface area contributed by atoms with Gasteiger partial charge in [0.15, 0.2) is 0 Å². The molecule has 0 aliphatic rings. The predicted molar refractivity (Wildman–Crippen MR) is 87.6 cm³/mol. The number of nitrogens with zero attached hydrogens (tertiary/aromatic N) is 2. The summed E-state index contributed by atoms with van der Waals surface area (Å²) in [4.78, 5) is 0. The number of benzene rings is 1. The van der Waals surface area contributed by atoms with Gasteiger partial charge in [0.2, 0.25) is 0 Å². The van der Waals surface area contributed by atoms with Crippen LogP contribution in [-0.2, 0) is 6.42 Å². The Morgan fingerprint density at radius 1 is 1.05 bits per heavy atom. The summed E-state index contributed by atoms with van der Waals surface area (Å²) in [6, 6.07) is 11.2. The third-order valence-corrected chi connectivity index (χ3v) is 3.90. The third kappa shape index (κ3) is 3.48. The van der Waals surface area contributed by atoms with Crippen molar-refractivity contribution in [1.82, 2.24) is 15.5 Å². The Balaban J connectivity index is 2.41. The minimum atomic E-state index is 0.162. The summed E-state index contributed by atoms with van der Waals surface area (Å²) in [7, 11) is 2.00. The fourth-order valence-electron chi connectivity index (χ4n) is 2.63. The summed E-state index contributed by atoms with van der Waals surface area (Å²) >= 11 is 0. The van der Waals surface area contributed by atoms with Crippen molar-refractivity contribution in [3.05, 3.63) is 58.4 Å². The fourth-order valence-corrected chi connectivity index (χ4v) is 2.63. The Kier molecular flexibility index (Phi) is 5.07. The first-order chi connectivity index (χ1) is 10.1. The van der Waals surface area contributed by atoms with E-state index in [0.29, 0.717) is 5.92 Å². The zero-order valence-corrected chi connectivity index (χ0v) is 13.6. The van der Waals surface area contributed by atoms with Gasteiger partial charge in [-0.2, -0.15) is 10.2 Å². The standard InChI is InChI=1S/C18H25N3/c1-6-17-16(11-13(4)20-21-17)18(19-5)15-9-7-14(8-10-15)12(2)3/h7-12,18-19H,6H2,1-5H3. The van der Waals surface area contributed by atoms with Gasteiger partial charge in [0.1, 0.15) is 0 Å². The van der Waals surface area contributed by atoms with E-state index in [-0.39, 0.29) is 6.04 Å². The molecule has 3 heteroatoms. The first kappa shape index (κ1) is 15.6. The van der Waals surface area contributed by atoms with Crippen LogP contribution in [0.2, 0.25) is 0 Å². The van der Waals surface area contributed by atoms with Crippen molar-refractivity contribution in [3.8, 4) is 0 Å². The average molecular weight is 283 g/mol. The molecule has 1 aromatic heterocycles.